The molecule has 0 bridgehead atoms. The normalized spacial score (nSPS) is 10.5. The Morgan fingerprint density at radius 2 is 1.62 bits per heavy atom. The second-order valence-corrected chi connectivity index (χ2v) is 4.43. The van der Waals surface area contributed by atoms with E-state index in [4.69, 9.17) is 0 Å². The van der Waals surface area contributed by atoms with Crippen molar-refractivity contribution in [3.8, 4) is 17.2 Å². The van der Waals surface area contributed by atoms with Gasteiger partial charge in [-0.3, -0.25) is 10.1 Å². The Morgan fingerprint density at radius 3 is 2.33 bits per heavy atom. The van der Waals surface area contributed by atoms with Crippen molar-refractivity contribution in [3.05, 3.63) is 57.6 Å². The predicted molar refractivity (Wildman–Crippen MR) is 75.1 cm³/mol. The maximum atomic E-state index is 10.9. The van der Waals surface area contributed by atoms with Crippen LogP contribution in [0.15, 0.2) is 36.4 Å². The molecule has 2 aromatic rings. The molecule has 0 aliphatic carbocycles. The Kier molecular flexibility index (Phi) is 4.24. The summed E-state index contributed by atoms with van der Waals surface area (Å²) in [5, 5.41) is 42.1. The fraction of sp³-hybridized carbons (Fsp3) is 0.143. The summed E-state index contributed by atoms with van der Waals surface area (Å²) in [6.07, 6.45) is 0. The lowest BCUT2D eigenvalue weighted by atomic mass is 10.1. The Bertz CT molecular complexity index is 672. The molecule has 21 heavy (non-hydrogen) atoms. The van der Waals surface area contributed by atoms with E-state index in [1.165, 1.54) is 18.2 Å². The van der Waals surface area contributed by atoms with Gasteiger partial charge in [-0.25, -0.2) is 0 Å². The van der Waals surface area contributed by atoms with Crippen LogP contribution in [0.4, 0.5) is 5.69 Å². The first kappa shape index (κ1) is 14.6. The number of nitrogens with one attached hydrogen (secondary N) is 1. The number of hydrogen-bond donors (Lipinski definition) is 4. The van der Waals surface area contributed by atoms with E-state index < -0.39 is 22.2 Å². The van der Waals surface area contributed by atoms with Gasteiger partial charge < -0.3 is 20.6 Å². The van der Waals surface area contributed by atoms with Gasteiger partial charge in [0, 0.05) is 30.3 Å². The van der Waals surface area contributed by atoms with Crippen molar-refractivity contribution in [3.63, 3.8) is 0 Å². The zero-order valence-electron chi connectivity index (χ0n) is 11.0. The number of benzene rings is 2. The maximum Gasteiger partial charge on any atom is 0.273 e. The Hall–Kier alpha value is -2.80. The van der Waals surface area contributed by atoms with Crippen molar-refractivity contribution >= 4 is 5.69 Å². The Labute approximate surface area is 120 Å². The minimum atomic E-state index is -0.583. The molecule has 7 heteroatoms. The van der Waals surface area contributed by atoms with Gasteiger partial charge in [0.25, 0.3) is 5.69 Å². The van der Waals surface area contributed by atoms with Crippen molar-refractivity contribution in [2.45, 2.75) is 13.1 Å². The lowest BCUT2D eigenvalue weighted by Gasteiger charge is -2.09. The number of phenolic OH excluding ortho intramolecular Hbond substituents is 3. The minimum Gasteiger partial charge on any atom is -0.504 e. The molecule has 0 fully saturated rings. The highest BCUT2D eigenvalue weighted by atomic mass is 16.6. The number of nitro groups is 1. The monoisotopic (exact) mass is 290 g/mol. The molecule has 0 aliphatic heterocycles. The average Bonchev–Trinajstić information content (AvgIpc) is 2.47. The second-order valence-electron chi connectivity index (χ2n) is 4.43. The molecule has 2 aromatic carbocycles. The zero-order chi connectivity index (χ0) is 15.4. The number of nitrogens with zero attached hydrogens (tertiary/aromatic N) is 1. The van der Waals surface area contributed by atoms with E-state index in [2.05, 4.69) is 5.32 Å². The third-order valence-electron chi connectivity index (χ3n) is 3.03. The number of para-hydroxylation sites is 1. The van der Waals surface area contributed by atoms with Gasteiger partial charge in [-0.15, -0.1) is 0 Å². The van der Waals surface area contributed by atoms with Crippen molar-refractivity contribution < 1.29 is 20.2 Å². The molecular weight excluding hydrogens is 276 g/mol. The molecule has 0 saturated carbocycles. The van der Waals surface area contributed by atoms with Crippen LogP contribution in [-0.2, 0) is 13.1 Å². The highest BCUT2D eigenvalue weighted by Crippen LogP contribution is 2.36. The number of aromatic hydroxyl groups is 3. The van der Waals surface area contributed by atoms with Crippen molar-refractivity contribution in [1.29, 1.82) is 0 Å². The molecule has 4 N–H and O–H groups in total. The predicted octanol–water partition coefficient (Wildman–Crippen LogP) is 2.00. The molecule has 0 atom stereocenters. The van der Waals surface area contributed by atoms with E-state index in [1.54, 1.807) is 18.2 Å². The third kappa shape index (κ3) is 3.21. The first-order valence-corrected chi connectivity index (χ1v) is 6.16. The molecule has 0 heterocycles. The molecule has 0 aliphatic rings. The number of hydrogen-bond acceptors (Lipinski definition) is 6. The van der Waals surface area contributed by atoms with Gasteiger partial charge in [-0.1, -0.05) is 24.3 Å². The van der Waals surface area contributed by atoms with Gasteiger partial charge in [0.05, 0.1) is 4.92 Å². The quantitative estimate of drug-likeness (QED) is 0.380. The second kappa shape index (κ2) is 6.10. The molecule has 0 saturated heterocycles. The Balaban J connectivity index is 2.06. The fourth-order valence-corrected chi connectivity index (χ4v) is 1.92. The van der Waals surface area contributed by atoms with Gasteiger partial charge in [0.1, 0.15) is 0 Å². The molecule has 2 rings (SSSR count). The van der Waals surface area contributed by atoms with Crippen LogP contribution in [-0.4, -0.2) is 20.2 Å². The van der Waals surface area contributed by atoms with Gasteiger partial charge in [-0.05, 0) is 6.07 Å². The number of phenols is 3. The lowest BCUT2D eigenvalue weighted by Crippen LogP contribution is -2.13. The van der Waals surface area contributed by atoms with Crippen LogP contribution in [0.2, 0.25) is 0 Å². The topological polar surface area (TPSA) is 116 Å². The summed E-state index contributed by atoms with van der Waals surface area (Å²) in [6, 6.07) is 9.06. The molecule has 0 unspecified atom stereocenters. The zero-order valence-corrected chi connectivity index (χ0v) is 11.0. The van der Waals surface area contributed by atoms with Crippen molar-refractivity contribution in [2.24, 2.45) is 0 Å². The van der Waals surface area contributed by atoms with Crippen LogP contribution in [0.3, 0.4) is 0 Å². The van der Waals surface area contributed by atoms with Crippen LogP contribution in [0.5, 0.6) is 17.2 Å². The van der Waals surface area contributed by atoms with Crippen molar-refractivity contribution in [1.82, 2.24) is 5.32 Å². The first-order valence-electron chi connectivity index (χ1n) is 6.16. The standard InChI is InChI=1S/C14H14N2O5/c17-12-6-5-10(13(18)14(12)19)8-15-7-9-3-1-2-4-11(9)16(20)21/h1-6,15,17-19H,7-8H2. The van der Waals surface area contributed by atoms with Crippen LogP contribution < -0.4 is 5.32 Å². The van der Waals surface area contributed by atoms with E-state index in [-0.39, 0.29) is 18.8 Å². The molecule has 0 amide bonds. The van der Waals surface area contributed by atoms with Gasteiger partial charge in [0.15, 0.2) is 11.5 Å². The largest absolute Gasteiger partial charge is 0.504 e. The molecule has 0 aromatic heterocycles. The molecule has 7 nitrogen and oxygen atoms in total. The van der Waals surface area contributed by atoms with E-state index in [9.17, 15) is 25.4 Å². The van der Waals surface area contributed by atoms with E-state index >= 15 is 0 Å². The Morgan fingerprint density at radius 1 is 0.952 bits per heavy atom. The highest BCUT2D eigenvalue weighted by molar-refractivity contribution is 5.53. The smallest absolute Gasteiger partial charge is 0.273 e. The SMILES string of the molecule is O=[N+]([O-])c1ccccc1CNCc1ccc(O)c(O)c1O. The summed E-state index contributed by atoms with van der Waals surface area (Å²) >= 11 is 0. The lowest BCUT2D eigenvalue weighted by molar-refractivity contribution is -0.385. The van der Waals surface area contributed by atoms with Gasteiger partial charge in [-0.2, -0.15) is 0 Å². The third-order valence-corrected chi connectivity index (χ3v) is 3.03. The van der Waals surface area contributed by atoms with E-state index in [0.29, 0.717) is 11.1 Å². The summed E-state index contributed by atoms with van der Waals surface area (Å²) in [4.78, 5) is 10.4. The van der Waals surface area contributed by atoms with E-state index in [0.717, 1.165) is 0 Å². The molecule has 110 valence electrons. The summed E-state index contributed by atoms with van der Waals surface area (Å²) in [7, 11) is 0. The maximum absolute atomic E-state index is 10.9. The van der Waals surface area contributed by atoms with Crippen molar-refractivity contribution in [2.75, 3.05) is 0 Å². The van der Waals surface area contributed by atoms with Crippen LogP contribution in [0.1, 0.15) is 11.1 Å². The summed E-state index contributed by atoms with van der Waals surface area (Å²) < 4.78 is 0. The van der Waals surface area contributed by atoms with E-state index in [1.807, 2.05) is 0 Å². The number of nitro benzene ring substituents is 1. The molecular formula is C14H14N2O5. The minimum absolute atomic E-state index is 0.0165. The average molecular weight is 290 g/mol. The summed E-state index contributed by atoms with van der Waals surface area (Å²) in [5.74, 6) is -1.40. The summed E-state index contributed by atoms with van der Waals surface area (Å²) in [5.41, 5.74) is 0.914. The highest BCUT2D eigenvalue weighted by Gasteiger charge is 2.13. The van der Waals surface area contributed by atoms with Crippen LogP contribution in [0.25, 0.3) is 0 Å². The van der Waals surface area contributed by atoms with Crippen LogP contribution in [0, 0.1) is 10.1 Å². The van der Waals surface area contributed by atoms with Crippen LogP contribution >= 0.6 is 0 Å². The fourth-order valence-electron chi connectivity index (χ4n) is 1.92. The van der Waals surface area contributed by atoms with Gasteiger partial charge in [0.2, 0.25) is 5.75 Å². The summed E-state index contributed by atoms with van der Waals surface area (Å²) in [6.45, 7) is 0.421. The number of rotatable bonds is 5. The molecule has 0 spiro atoms. The molecule has 0 radical (unpaired) electrons. The van der Waals surface area contributed by atoms with Gasteiger partial charge >= 0.3 is 0 Å². The first-order chi connectivity index (χ1) is 10.0.